The number of aliphatic imine (C=N–C) groups is 2. The molecular formula is C24H26F2N6O. The Morgan fingerprint density at radius 2 is 2.00 bits per heavy atom. The first-order valence-electron chi connectivity index (χ1n) is 11.1. The normalized spacial score (nSPS) is 25.7. The van der Waals surface area contributed by atoms with Crippen molar-refractivity contribution in [2.75, 3.05) is 23.5 Å². The van der Waals surface area contributed by atoms with Gasteiger partial charge in [-0.15, -0.1) is 0 Å². The number of hydrogen-bond acceptors (Lipinski definition) is 7. The number of aromatic nitrogens is 1. The fourth-order valence-corrected chi connectivity index (χ4v) is 5.27. The molecule has 0 bridgehead atoms. The van der Waals surface area contributed by atoms with E-state index in [-0.39, 0.29) is 23.8 Å². The highest BCUT2D eigenvalue weighted by Crippen LogP contribution is 2.46. The summed E-state index contributed by atoms with van der Waals surface area (Å²) in [6.45, 7) is 6.39. The van der Waals surface area contributed by atoms with Crippen LogP contribution in [0.4, 0.5) is 20.3 Å². The Bertz CT molecular complexity index is 1140. The molecule has 0 unspecified atom stereocenters. The number of anilines is 2. The molecule has 1 aromatic heterocycles. The van der Waals surface area contributed by atoms with E-state index in [2.05, 4.69) is 25.5 Å². The van der Waals surface area contributed by atoms with Crippen LogP contribution in [0.1, 0.15) is 31.9 Å². The zero-order chi connectivity index (χ0) is 23.2. The van der Waals surface area contributed by atoms with Gasteiger partial charge in [0.1, 0.15) is 12.5 Å². The van der Waals surface area contributed by atoms with Crippen LogP contribution in [0.15, 0.2) is 45.5 Å². The first kappa shape index (κ1) is 21.6. The van der Waals surface area contributed by atoms with Gasteiger partial charge in [-0.2, -0.15) is 5.10 Å². The summed E-state index contributed by atoms with van der Waals surface area (Å²) in [5, 5.41) is 4.24. The number of benzene rings is 1. The summed E-state index contributed by atoms with van der Waals surface area (Å²) in [6, 6.07) is 6.81. The molecule has 4 heterocycles. The zero-order valence-electron chi connectivity index (χ0n) is 18.8. The van der Waals surface area contributed by atoms with E-state index in [1.165, 1.54) is 0 Å². The molecule has 3 aliphatic rings. The van der Waals surface area contributed by atoms with Crippen molar-refractivity contribution in [3.63, 3.8) is 0 Å². The van der Waals surface area contributed by atoms with Gasteiger partial charge in [0.25, 0.3) is 0 Å². The number of halogens is 2. The number of rotatable bonds is 3. The third-order valence-electron chi connectivity index (χ3n) is 6.49. The van der Waals surface area contributed by atoms with E-state index in [1.54, 1.807) is 31.3 Å². The molecule has 0 aliphatic carbocycles. The predicted molar refractivity (Wildman–Crippen MR) is 126 cm³/mol. The summed E-state index contributed by atoms with van der Waals surface area (Å²) in [5.41, 5.74) is 3.69. The number of fused-ring (bicyclic) bond motifs is 4. The standard InChI is InChI=1S/C24H26F2N6O/c1-14-10-32-22-17(9-24(11-27-13-28-12-24)23(32)16(3)33-14)8-18(20(25)21(22)26)15(2)30-31-19-6-4-5-7-29-19/h4-8,11-12,14,16,23H,9-10,13H2,1-3H3,(H,29,31)/b30-15+/t14-,16+,23-/m1/s1. The van der Waals surface area contributed by atoms with Crippen molar-refractivity contribution in [3.8, 4) is 0 Å². The van der Waals surface area contributed by atoms with Crippen LogP contribution in [0.25, 0.3) is 0 Å². The summed E-state index contributed by atoms with van der Waals surface area (Å²) < 4.78 is 37.1. The highest BCUT2D eigenvalue weighted by molar-refractivity contribution is 6.01. The van der Waals surface area contributed by atoms with E-state index >= 15 is 8.78 Å². The second kappa shape index (κ2) is 8.30. The maximum Gasteiger partial charge on any atom is 0.183 e. The number of hydrazone groups is 1. The molecule has 0 radical (unpaired) electrons. The van der Waals surface area contributed by atoms with Gasteiger partial charge in [-0.1, -0.05) is 6.07 Å². The number of nitrogens with zero attached hydrogens (tertiary/aromatic N) is 5. The van der Waals surface area contributed by atoms with E-state index in [0.29, 0.717) is 42.4 Å². The smallest absolute Gasteiger partial charge is 0.183 e. The highest BCUT2D eigenvalue weighted by Gasteiger charge is 2.52. The first-order valence-corrected chi connectivity index (χ1v) is 11.1. The van der Waals surface area contributed by atoms with Crippen LogP contribution < -0.4 is 10.3 Å². The van der Waals surface area contributed by atoms with Crippen LogP contribution >= 0.6 is 0 Å². The number of morpholine rings is 1. The molecule has 1 aromatic carbocycles. The van der Waals surface area contributed by atoms with Gasteiger partial charge >= 0.3 is 0 Å². The number of pyridine rings is 1. The van der Waals surface area contributed by atoms with Crippen LogP contribution in [0, 0.1) is 17.0 Å². The lowest BCUT2D eigenvalue weighted by Gasteiger charge is -2.54. The molecule has 1 saturated heterocycles. The Kier molecular flexibility index (Phi) is 5.44. The van der Waals surface area contributed by atoms with Crippen LogP contribution in [-0.2, 0) is 11.2 Å². The Labute approximate surface area is 191 Å². The van der Waals surface area contributed by atoms with Crippen molar-refractivity contribution in [1.82, 2.24) is 4.98 Å². The van der Waals surface area contributed by atoms with E-state index in [1.807, 2.05) is 37.2 Å². The van der Waals surface area contributed by atoms with Gasteiger partial charge in [0.2, 0.25) is 0 Å². The van der Waals surface area contributed by atoms with Crippen molar-refractivity contribution < 1.29 is 13.5 Å². The molecule has 3 aliphatic heterocycles. The predicted octanol–water partition coefficient (Wildman–Crippen LogP) is 3.83. The average molecular weight is 453 g/mol. The van der Waals surface area contributed by atoms with Gasteiger partial charge in [-0.05, 0) is 51.0 Å². The third-order valence-corrected chi connectivity index (χ3v) is 6.49. The molecule has 0 amide bonds. The Morgan fingerprint density at radius 3 is 2.73 bits per heavy atom. The lowest BCUT2D eigenvalue weighted by Crippen LogP contribution is -2.65. The van der Waals surface area contributed by atoms with Crippen LogP contribution in [0.3, 0.4) is 0 Å². The second-order valence-electron chi connectivity index (χ2n) is 8.89. The largest absolute Gasteiger partial charge is 0.372 e. The Morgan fingerprint density at radius 1 is 1.21 bits per heavy atom. The molecule has 1 N–H and O–H groups in total. The number of hydrogen-bond donors (Lipinski definition) is 1. The molecule has 3 atom stereocenters. The van der Waals surface area contributed by atoms with Crippen molar-refractivity contribution in [1.29, 1.82) is 0 Å². The quantitative estimate of drug-likeness (QED) is 0.567. The fourth-order valence-electron chi connectivity index (χ4n) is 5.27. The van der Waals surface area contributed by atoms with Crippen LogP contribution in [0.2, 0.25) is 0 Å². The minimum absolute atomic E-state index is 0.113. The molecule has 33 heavy (non-hydrogen) atoms. The maximum absolute atomic E-state index is 15.6. The summed E-state index contributed by atoms with van der Waals surface area (Å²) in [4.78, 5) is 14.9. The topological polar surface area (TPSA) is 74.5 Å². The molecule has 1 spiro atoms. The van der Waals surface area contributed by atoms with Crippen molar-refractivity contribution in [2.45, 2.75) is 45.4 Å². The molecule has 172 valence electrons. The summed E-state index contributed by atoms with van der Waals surface area (Å²) >= 11 is 0. The van der Waals surface area contributed by atoms with Gasteiger partial charge in [-0.25, -0.2) is 13.8 Å². The van der Waals surface area contributed by atoms with Crippen LogP contribution in [0.5, 0.6) is 0 Å². The van der Waals surface area contributed by atoms with E-state index in [0.717, 1.165) is 0 Å². The van der Waals surface area contributed by atoms with Gasteiger partial charge in [-0.3, -0.25) is 15.4 Å². The summed E-state index contributed by atoms with van der Waals surface area (Å²) in [6.07, 6.45) is 5.56. The first-order chi connectivity index (χ1) is 15.9. The average Bonchev–Trinajstić information content (AvgIpc) is 2.80. The van der Waals surface area contributed by atoms with E-state index in [4.69, 9.17) is 4.74 Å². The lowest BCUT2D eigenvalue weighted by molar-refractivity contribution is -0.0433. The maximum atomic E-state index is 15.6. The molecule has 0 saturated carbocycles. The minimum atomic E-state index is -0.912. The van der Waals surface area contributed by atoms with E-state index < -0.39 is 17.0 Å². The highest BCUT2D eigenvalue weighted by atomic mass is 19.2. The third kappa shape index (κ3) is 3.70. The second-order valence-corrected chi connectivity index (χ2v) is 8.89. The molecule has 7 nitrogen and oxygen atoms in total. The Balaban J connectivity index is 1.60. The van der Waals surface area contributed by atoms with Crippen molar-refractivity contribution in [2.24, 2.45) is 20.5 Å². The summed E-state index contributed by atoms with van der Waals surface area (Å²) in [5.74, 6) is -1.26. The minimum Gasteiger partial charge on any atom is -0.372 e. The monoisotopic (exact) mass is 452 g/mol. The van der Waals surface area contributed by atoms with Gasteiger partial charge in [0.05, 0.1) is 35.1 Å². The molecule has 5 rings (SSSR count). The van der Waals surface area contributed by atoms with Crippen molar-refractivity contribution >= 4 is 29.6 Å². The molecule has 1 fully saturated rings. The molecule has 2 aromatic rings. The molecular weight excluding hydrogens is 426 g/mol. The molecule has 9 heteroatoms. The number of nitrogens with one attached hydrogen (secondary N) is 1. The fraction of sp³-hybridized carbons (Fsp3) is 0.417. The number of ether oxygens (including phenoxy) is 1. The summed E-state index contributed by atoms with van der Waals surface area (Å²) in [7, 11) is 0. The van der Waals surface area contributed by atoms with E-state index in [9.17, 15) is 0 Å². The SMILES string of the molecule is C/C(=N\Nc1ccccn1)c1cc2c(c(F)c1F)N1C[C@@H](C)O[C@@H](C)[C@@H]1C1(C=NCN=C1)C2. The zero-order valence-corrected chi connectivity index (χ0v) is 18.8. The van der Waals surface area contributed by atoms with Gasteiger partial charge < -0.3 is 9.64 Å². The van der Waals surface area contributed by atoms with Gasteiger partial charge in [0, 0.05) is 30.7 Å². The van der Waals surface area contributed by atoms with Gasteiger partial charge in [0.15, 0.2) is 11.6 Å². The van der Waals surface area contributed by atoms with Crippen molar-refractivity contribution in [3.05, 3.63) is 53.2 Å². The van der Waals surface area contributed by atoms with Crippen LogP contribution in [-0.4, -0.2) is 54.6 Å². The lowest BCUT2D eigenvalue weighted by atomic mass is 9.69. The Hall–Kier alpha value is -3.20.